The van der Waals surface area contributed by atoms with Gasteiger partial charge in [0.15, 0.2) is 6.17 Å². The average molecular weight is 398 g/mol. The van der Waals surface area contributed by atoms with E-state index in [-0.39, 0.29) is 28.6 Å². The quantitative estimate of drug-likeness (QED) is 0.518. The molecule has 0 bridgehead atoms. The number of quaternary nitrogens is 1. The van der Waals surface area contributed by atoms with Crippen LogP contribution in [0.1, 0.15) is 52.5 Å². The van der Waals surface area contributed by atoms with Crippen molar-refractivity contribution in [3.63, 3.8) is 0 Å². The van der Waals surface area contributed by atoms with Crippen molar-refractivity contribution in [2.45, 2.75) is 58.5 Å². The first-order valence-corrected chi connectivity index (χ1v) is 10.7. The minimum Gasteiger partial charge on any atom is -0.292 e. The first-order chi connectivity index (χ1) is 13.8. The minimum atomic E-state index is -0.228. The van der Waals surface area contributed by atoms with Crippen LogP contribution in [0.15, 0.2) is 54.9 Å². The van der Waals surface area contributed by atoms with Gasteiger partial charge >= 0.3 is 0 Å². The molecule has 0 saturated carbocycles. The smallest absolute Gasteiger partial charge is 0.183 e. The molecule has 2 aliphatic rings. The van der Waals surface area contributed by atoms with E-state index in [2.05, 4.69) is 52.0 Å². The molecular formula is C25H31F2N2+. The minimum absolute atomic E-state index is 0.107. The van der Waals surface area contributed by atoms with E-state index in [0.717, 1.165) is 36.2 Å². The van der Waals surface area contributed by atoms with Gasteiger partial charge in [0, 0.05) is 22.7 Å². The lowest BCUT2D eigenvalue weighted by molar-refractivity contribution is 0.0182. The van der Waals surface area contributed by atoms with Crippen LogP contribution in [0.3, 0.4) is 0 Å². The van der Waals surface area contributed by atoms with Gasteiger partial charge in [-0.05, 0) is 55.7 Å². The van der Waals surface area contributed by atoms with Gasteiger partial charge in [-0.15, -0.1) is 0 Å². The molecule has 0 N–H and O–H groups in total. The van der Waals surface area contributed by atoms with Crippen LogP contribution in [-0.4, -0.2) is 13.2 Å². The van der Waals surface area contributed by atoms with Crippen molar-refractivity contribution in [3.8, 4) is 0 Å². The number of anilines is 1. The van der Waals surface area contributed by atoms with Gasteiger partial charge in [-0.2, -0.15) is 0 Å². The van der Waals surface area contributed by atoms with E-state index >= 15 is 0 Å². The third-order valence-corrected chi connectivity index (χ3v) is 8.03. The highest BCUT2D eigenvalue weighted by atomic mass is 19.1. The van der Waals surface area contributed by atoms with Crippen LogP contribution in [0.25, 0.3) is 0 Å². The summed E-state index contributed by atoms with van der Waals surface area (Å²) in [6.45, 7) is 9.06. The zero-order valence-corrected chi connectivity index (χ0v) is 18.0. The van der Waals surface area contributed by atoms with E-state index in [4.69, 9.17) is 0 Å². The van der Waals surface area contributed by atoms with E-state index < -0.39 is 0 Å². The van der Waals surface area contributed by atoms with Crippen LogP contribution >= 0.6 is 0 Å². The number of halogens is 2. The van der Waals surface area contributed by atoms with Crippen LogP contribution in [-0.2, 0) is 5.41 Å². The Kier molecular flexibility index (Phi) is 4.62. The van der Waals surface area contributed by atoms with Gasteiger partial charge in [0.1, 0.15) is 23.5 Å². The second-order valence-electron chi connectivity index (χ2n) is 8.92. The summed E-state index contributed by atoms with van der Waals surface area (Å²) >= 11 is 0. The fraction of sp³-hybridized carbons (Fsp3) is 0.440. The predicted molar refractivity (Wildman–Crippen MR) is 117 cm³/mol. The molecule has 0 saturated heterocycles. The van der Waals surface area contributed by atoms with Gasteiger partial charge in [-0.3, -0.25) is 4.90 Å². The van der Waals surface area contributed by atoms with Crippen LogP contribution in [0.2, 0.25) is 0 Å². The van der Waals surface area contributed by atoms with Crippen LogP contribution in [0, 0.1) is 17.0 Å². The lowest BCUT2D eigenvalue weighted by atomic mass is 9.52. The maximum Gasteiger partial charge on any atom is 0.183 e. The molecule has 2 aromatic rings. The third-order valence-electron chi connectivity index (χ3n) is 8.03. The van der Waals surface area contributed by atoms with Gasteiger partial charge in [-0.25, -0.2) is 13.3 Å². The Balaban J connectivity index is 2.01. The Hall–Kier alpha value is -2.20. The van der Waals surface area contributed by atoms with Crippen molar-refractivity contribution in [3.05, 3.63) is 72.1 Å². The fourth-order valence-corrected chi connectivity index (χ4v) is 6.41. The Bertz CT molecular complexity index is 948. The topological polar surface area (TPSA) is 3.24 Å². The first-order valence-electron chi connectivity index (χ1n) is 10.7. The Morgan fingerprint density at radius 2 is 1.55 bits per heavy atom. The van der Waals surface area contributed by atoms with Crippen LogP contribution < -0.4 is 9.38 Å². The highest BCUT2D eigenvalue weighted by Crippen LogP contribution is 2.62. The number of rotatable bonds is 4. The summed E-state index contributed by atoms with van der Waals surface area (Å²) in [6.07, 6.45) is 7.28. The SMILES string of the molecule is CCC1(CC)c2cc(F)ccc2[N+]2(C)C=CN(c3ccc(F)cc3)C2C1(C)CC. The number of fused-ring (bicyclic) bond motifs is 3. The largest absolute Gasteiger partial charge is 0.292 e. The summed E-state index contributed by atoms with van der Waals surface area (Å²) in [5, 5.41) is 0. The molecule has 2 nitrogen and oxygen atoms in total. The highest BCUT2D eigenvalue weighted by Gasteiger charge is 2.66. The van der Waals surface area contributed by atoms with Crippen molar-refractivity contribution >= 4 is 11.4 Å². The summed E-state index contributed by atoms with van der Waals surface area (Å²) in [5.74, 6) is -0.398. The molecule has 0 radical (unpaired) electrons. The Morgan fingerprint density at radius 1 is 0.931 bits per heavy atom. The van der Waals surface area contributed by atoms with Crippen LogP contribution in [0.4, 0.5) is 20.2 Å². The van der Waals surface area contributed by atoms with Crippen molar-refractivity contribution in [1.82, 2.24) is 4.48 Å². The number of hydrogen-bond acceptors (Lipinski definition) is 1. The highest BCUT2D eigenvalue weighted by molar-refractivity contribution is 5.66. The average Bonchev–Trinajstić information content (AvgIpc) is 3.08. The monoisotopic (exact) mass is 397 g/mol. The summed E-state index contributed by atoms with van der Waals surface area (Å²) in [7, 11) is 2.21. The van der Waals surface area contributed by atoms with E-state index in [1.165, 1.54) is 12.1 Å². The summed E-state index contributed by atoms with van der Waals surface area (Å²) in [4.78, 5) is 2.30. The zero-order valence-electron chi connectivity index (χ0n) is 18.0. The van der Waals surface area contributed by atoms with Gasteiger partial charge in [0.2, 0.25) is 0 Å². The zero-order chi connectivity index (χ0) is 21.0. The van der Waals surface area contributed by atoms with Crippen LogP contribution in [0.5, 0.6) is 0 Å². The molecule has 0 amide bonds. The molecule has 0 aromatic heterocycles. The number of hydrogen-bond donors (Lipinski definition) is 0. The summed E-state index contributed by atoms with van der Waals surface area (Å²) in [6, 6.07) is 12.1. The molecule has 29 heavy (non-hydrogen) atoms. The van der Waals surface area contributed by atoms with E-state index in [9.17, 15) is 8.78 Å². The van der Waals surface area contributed by atoms with Gasteiger partial charge in [0.05, 0.1) is 18.7 Å². The third kappa shape index (κ3) is 2.48. The second-order valence-corrected chi connectivity index (χ2v) is 8.92. The van der Waals surface area contributed by atoms with E-state index in [1.54, 1.807) is 12.1 Å². The number of benzene rings is 2. The maximum atomic E-state index is 14.4. The summed E-state index contributed by atoms with van der Waals surface area (Å²) < 4.78 is 28.6. The standard InChI is InChI=1S/C25H31F2N2/c1-6-24(4)23-28(20-12-9-18(26)10-13-20)15-16-29(23,5)22-14-11-19(27)17-21(22)25(24,7-2)8-3/h9-17,23H,6-8H2,1-5H3/q+1. The molecule has 3 unspecified atom stereocenters. The van der Waals surface area contributed by atoms with Crippen molar-refractivity contribution in [2.75, 3.05) is 11.9 Å². The fourth-order valence-electron chi connectivity index (χ4n) is 6.41. The Morgan fingerprint density at radius 3 is 2.14 bits per heavy atom. The molecule has 0 fully saturated rings. The molecular weight excluding hydrogens is 366 g/mol. The van der Waals surface area contributed by atoms with E-state index in [0.29, 0.717) is 4.48 Å². The molecule has 3 atom stereocenters. The lowest BCUT2D eigenvalue weighted by Gasteiger charge is -2.60. The lowest BCUT2D eigenvalue weighted by Crippen LogP contribution is -2.69. The van der Waals surface area contributed by atoms with E-state index in [1.807, 2.05) is 18.2 Å². The molecule has 2 aliphatic heterocycles. The molecule has 0 spiro atoms. The first kappa shape index (κ1) is 20.1. The predicted octanol–water partition coefficient (Wildman–Crippen LogP) is 6.71. The summed E-state index contributed by atoms with van der Waals surface area (Å²) in [5.41, 5.74) is 3.01. The molecule has 154 valence electrons. The van der Waals surface area contributed by atoms with Gasteiger partial charge in [-0.1, -0.05) is 27.7 Å². The maximum absolute atomic E-state index is 14.4. The molecule has 4 rings (SSSR count). The normalized spacial score (nSPS) is 29.6. The van der Waals surface area contributed by atoms with Gasteiger partial charge in [0.25, 0.3) is 0 Å². The Labute approximate surface area is 173 Å². The molecule has 2 heterocycles. The number of nitrogens with zero attached hydrogens (tertiary/aromatic N) is 2. The van der Waals surface area contributed by atoms with Crippen molar-refractivity contribution in [2.24, 2.45) is 5.41 Å². The molecule has 2 aromatic carbocycles. The van der Waals surface area contributed by atoms with Crippen molar-refractivity contribution < 1.29 is 8.78 Å². The molecule has 0 aliphatic carbocycles. The second kappa shape index (κ2) is 6.66. The van der Waals surface area contributed by atoms with Crippen molar-refractivity contribution in [1.29, 1.82) is 0 Å². The molecule has 4 heteroatoms. The van der Waals surface area contributed by atoms with Gasteiger partial charge < -0.3 is 0 Å².